The van der Waals surface area contributed by atoms with Crippen molar-refractivity contribution >= 4 is 31.5 Å². The number of ether oxygens (including phenoxy) is 3. The third-order valence-electron chi connectivity index (χ3n) is 6.61. The first-order chi connectivity index (χ1) is 22.6. The number of alkyl halides is 3. The molecule has 1 aliphatic rings. The second-order valence-electron chi connectivity index (χ2n) is 10.5. The summed E-state index contributed by atoms with van der Waals surface area (Å²) in [6, 6.07) is 5.36. The van der Waals surface area contributed by atoms with E-state index in [-0.39, 0.29) is 24.6 Å². The van der Waals surface area contributed by atoms with Crippen molar-refractivity contribution in [3.8, 4) is 5.75 Å². The van der Waals surface area contributed by atoms with Gasteiger partial charge in [-0.1, -0.05) is 12.1 Å². The molecule has 3 rings (SSSR count). The number of carboxylic acids is 1. The zero-order chi connectivity index (χ0) is 37.3. The molecule has 0 spiro atoms. The Balaban J connectivity index is 0.00000107. The molecule has 0 amide bonds. The Kier molecular flexibility index (Phi) is 14.3. The molecular formula is C27H37F3N5O13P. The number of rotatable bonds is 13. The minimum atomic E-state index is -5.08. The fourth-order valence-electron chi connectivity index (χ4n) is 4.11. The van der Waals surface area contributed by atoms with Crippen molar-refractivity contribution < 1.29 is 70.7 Å². The van der Waals surface area contributed by atoms with Crippen LogP contribution in [-0.4, -0.2) is 99.2 Å². The van der Waals surface area contributed by atoms with Gasteiger partial charge in [-0.15, -0.1) is 0 Å². The predicted octanol–water partition coefficient (Wildman–Crippen LogP) is 0.256. The normalized spacial score (nSPS) is 22.9. The number of carboxylic acid groups (broad SMARTS) is 1. The molecule has 1 aromatic carbocycles. The van der Waals surface area contributed by atoms with E-state index in [0.29, 0.717) is 5.56 Å². The van der Waals surface area contributed by atoms with Crippen LogP contribution in [0.1, 0.15) is 32.6 Å². The molecule has 0 aliphatic carbocycles. The minimum Gasteiger partial charge on any atom is -0.475 e. The lowest BCUT2D eigenvalue weighted by Gasteiger charge is -2.27. The van der Waals surface area contributed by atoms with Gasteiger partial charge in [0.1, 0.15) is 41.5 Å². The topological polar surface area (TPSA) is 274 Å². The number of hydrogen-bond donors (Lipinski definition) is 6. The Hall–Kier alpha value is -4.11. The number of benzene rings is 1. The monoisotopic (exact) mass is 727 g/mol. The van der Waals surface area contributed by atoms with E-state index in [1.54, 1.807) is 19.1 Å². The van der Waals surface area contributed by atoms with Gasteiger partial charge in [0.15, 0.2) is 6.23 Å². The highest BCUT2D eigenvalue weighted by Gasteiger charge is 2.54. The van der Waals surface area contributed by atoms with Gasteiger partial charge in [0.25, 0.3) is 0 Å². The van der Waals surface area contributed by atoms with Crippen LogP contribution < -0.4 is 26.8 Å². The van der Waals surface area contributed by atoms with Crippen LogP contribution in [0.15, 0.2) is 41.3 Å². The first-order valence-electron chi connectivity index (χ1n) is 14.2. The number of aliphatic carboxylic acids is 1. The number of nitrogens with one attached hydrogen (secondary N) is 1. The number of aromatic nitrogens is 2. The van der Waals surface area contributed by atoms with Crippen LogP contribution in [0.2, 0.25) is 0 Å². The Bertz CT molecular complexity index is 1560. The smallest absolute Gasteiger partial charge is 0.475 e. The summed E-state index contributed by atoms with van der Waals surface area (Å²) in [5.41, 5.74) is 9.16. The second kappa shape index (κ2) is 17.0. The summed E-state index contributed by atoms with van der Waals surface area (Å²) in [5, 5.41) is 31.4. The minimum absolute atomic E-state index is 0.0476. The molecule has 18 nitrogen and oxygen atoms in total. The first-order valence-corrected chi connectivity index (χ1v) is 15.7. The van der Waals surface area contributed by atoms with Gasteiger partial charge in [0.2, 0.25) is 0 Å². The van der Waals surface area contributed by atoms with E-state index in [4.69, 9.17) is 39.9 Å². The van der Waals surface area contributed by atoms with Gasteiger partial charge in [0.05, 0.1) is 20.3 Å². The molecule has 8 N–H and O–H groups in total. The molecule has 274 valence electrons. The molecule has 2 heterocycles. The number of nitrogen functional groups attached to an aromatic ring is 1. The molecular weight excluding hydrogens is 690 g/mol. The van der Waals surface area contributed by atoms with Crippen LogP contribution in [0, 0.1) is 0 Å². The fraction of sp³-hybridized carbons (Fsp3) is 0.519. The average Bonchev–Trinajstić information content (AvgIpc) is 3.24. The molecule has 1 saturated heterocycles. The van der Waals surface area contributed by atoms with Gasteiger partial charge < -0.3 is 45.5 Å². The van der Waals surface area contributed by atoms with Crippen LogP contribution >= 0.6 is 7.75 Å². The molecule has 1 unspecified atom stereocenters. The summed E-state index contributed by atoms with van der Waals surface area (Å²) in [4.78, 5) is 48.7. The summed E-state index contributed by atoms with van der Waals surface area (Å²) < 4.78 is 73.0. The van der Waals surface area contributed by atoms with E-state index in [0.717, 1.165) is 4.57 Å². The van der Waals surface area contributed by atoms with E-state index in [1.807, 2.05) is 0 Å². The van der Waals surface area contributed by atoms with E-state index >= 15 is 0 Å². The molecule has 1 fully saturated rings. The van der Waals surface area contributed by atoms with Crippen LogP contribution in [0.3, 0.4) is 0 Å². The molecule has 1 aromatic heterocycles. The van der Waals surface area contributed by atoms with Gasteiger partial charge in [0, 0.05) is 6.20 Å². The van der Waals surface area contributed by atoms with Gasteiger partial charge in [-0.3, -0.25) is 18.7 Å². The lowest BCUT2D eigenvalue weighted by atomic mass is 9.96. The van der Waals surface area contributed by atoms with E-state index in [2.05, 4.69) is 14.8 Å². The fourth-order valence-corrected chi connectivity index (χ4v) is 5.62. The Labute approximate surface area is 276 Å². The molecule has 0 saturated carbocycles. The van der Waals surface area contributed by atoms with Crippen molar-refractivity contribution in [2.75, 3.05) is 26.1 Å². The number of esters is 2. The maximum absolute atomic E-state index is 13.8. The Morgan fingerprint density at radius 3 is 2.31 bits per heavy atom. The van der Waals surface area contributed by atoms with Crippen LogP contribution in [0.25, 0.3) is 0 Å². The summed E-state index contributed by atoms with van der Waals surface area (Å²) in [7, 11) is -3.16. The van der Waals surface area contributed by atoms with Gasteiger partial charge in [-0.25, -0.2) is 14.2 Å². The Morgan fingerprint density at radius 2 is 1.80 bits per heavy atom. The van der Waals surface area contributed by atoms with Crippen molar-refractivity contribution in [1.29, 1.82) is 0 Å². The molecule has 22 heteroatoms. The number of methoxy groups -OCH3 is 1. The van der Waals surface area contributed by atoms with E-state index < -0.39 is 80.2 Å². The van der Waals surface area contributed by atoms with Crippen LogP contribution in [-0.2, 0) is 44.1 Å². The highest BCUT2D eigenvalue weighted by Crippen LogP contribution is 2.47. The number of aliphatic hydroxyl groups is 2. The highest BCUT2D eigenvalue weighted by molar-refractivity contribution is 7.52. The number of halogens is 3. The lowest BCUT2D eigenvalue weighted by molar-refractivity contribution is -0.192. The number of anilines is 1. The van der Waals surface area contributed by atoms with Crippen molar-refractivity contribution in [1.82, 2.24) is 14.6 Å². The van der Waals surface area contributed by atoms with Crippen LogP contribution in [0.4, 0.5) is 19.0 Å². The number of hydrogen-bond acceptors (Lipinski definition) is 15. The number of carbonyl (C=O) groups is 3. The second-order valence-corrected chi connectivity index (χ2v) is 12.2. The zero-order valence-corrected chi connectivity index (χ0v) is 27.4. The summed E-state index contributed by atoms with van der Waals surface area (Å²) in [6.07, 6.45) is -7.96. The summed E-state index contributed by atoms with van der Waals surface area (Å²) >= 11 is 0. The average molecular weight is 728 g/mol. The molecule has 2 aromatic rings. The largest absolute Gasteiger partial charge is 0.490 e. The standard InChI is InChI=1S/C25H36N5O11P.C2HF3O2/c1-5-38-21(32)14(2)29-42(36,41-16-8-6-15(7-9-16)12-17(26)22(33)37-4)39-13-18-20(31)25(3,35)23(40-18)30-11-10-19(27)28-24(30)34;3-2(4,5)1(6)7/h6-11,14,17-18,20,23,31,35H,5,12-13,26H2,1-4H3,(H,29,36)(H2,27,28,34);(H,6,7)/t14-,17-,18+,20+,23+,25+,42?;/m0./s1. The van der Waals surface area contributed by atoms with Crippen molar-refractivity contribution in [3.63, 3.8) is 0 Å². The maximum Gasteiger partial charge on any atom is 0.490 e. The summed E-state index contributed by atoms with van der Waals surface area (Å²) in [6.45, 7) is 3.71. The highest BCUT2D eigenvalue weighted by atomic mass is 31.2. The number of aliphatic hydroxyl groups excluding tert-OH is 1. The van der Waals surface area contributed by atoms with Gasteiger partial charge in [-0.05, 0) is 51.0 Å². The van der Waals surface area contributed by atoms with Crippen molar-refractivity contribution in [2.24, 2.45) is 5.73 Å². The van der Waals surface area contributed by atoms with Gasteiger partial charge >= 0.3 is 37.5 Å². The van der Waals surface area contributed by atoms with Crippen molar-refractivity contribution in [2.45, 2.75) is 69.5 Å². The van der Waals surface area contributed by atoms with Gasteiger partial charge in [-0.2, -0.15) is 23.2 Å². The number of nitrogens with two attached hydrogens (primary N) is 2. The molecule has 1 aliphatic heterocycles. The van der Waals surface area contributed by atoms with E-state index in [9.17, 15) is 42.3 Å². The quantitative estimate of drug-likeness (QED) is 0.119. The molecule has 49 heavy (non-hydrogen) atoms. The SMILES string of the molecule is CCOC(=O)[C@H](C)NP(=O)(OC[C@H]1O[C@@H](n2ccc(N)nc2=O)[C@](C)(O)[C@@H]1O)Oc1ccc(C[C@H](N)C(=O)OC)cc1.O=C(O)C(F)(F)F. The first kappa shape index (κ1) is 41.1. The van der Waals surface area contributed by atoms with E-state index in [1.165, 1.54) is 45.4 Å². The zero-order valence-electron chi connectivity index (χ0n) is 26.5. The number of carbonyl (C=O) groups excluding carboxylic acids is 2. The lowest BCUT2D eigenvalue weighted by Crippen LogP contribution is -2.46. The molecule has 0 bridgehead atoms. The van der Waals surface area contributed by atoms with Crippen molar-refractivity contribution in [3.05, 3.63) is 52.6 Å². The number of nitrogens with zero attached hydrogens (tertiary/aromatic N) is 2. The predicted molar refractivity (Wildman–Crippen MR) is 161 cm³/mol. The molecule has 0 radical (unpaired) electrons. The Morgan fingerprint density at radius 1 is 1.20 bits per heavy atom. The third-order valence-corrected chi connectivity index (χ3v) is 8.25. The summed E-state index contributed by atoms with van der Waals surface area (Å²) in [5.74, 6) is -4.05. The maximum atomic E-state index is 13.8. The molecule has 7 atom stereocenters. The van der Waals surface area contributed by atoms with Crippen LogP contribution in [0.5, 0.6) is 5.75 Å². The third kappa shape index (κ3) is 11.5.